The van der Waals surface area contributed by atoms with Crippen molar-refractivity contribution in [3.05, 3.63) is 41.9 Å². The Morgan fingerprint density at radius 2 is 2.14 bits per heavy atom. The van der Waals surface area contributed by atoms with Gasteiger partial charge in [-0.1, -0.05) is 13.5 Å². The molecule has 0 saturated carbocycles. The van der Waals surface area contributed by atoms with Crippen LogP contribution in [-0.2, 0) is 9.59 Å². The van der Waals surface area contributed by atoms with E-state index in [9.17, 15) is 9.59 Å². The summed E-state index contributed by atoms with van der Waals surface area (Å²) < 4.78 is 0. The number of piperidine rings is 1. The first-order valence-electron chi connectivity index (χ1n) is 9.21. The van der Waals surface area contributed by atoms with Gasteiger partial charge in [0, 0.05) is 12.8 Å². The fraction of sp³-hybridized carbons (Fsp3) is 0.400. The van der Waals surface area contributed by atoms with Crippen molar-refractivity contribution >= 4 is 29.5 Å². The van der Waals surface area contributed by atoms with Crippen LogP contribution < -0.4 is 16.8 Å². The molecule has 0 aliphatic carbocycles. The predicted molar refractivity (Wildman–Crippen MR) is 111 cm³/mol. The molecule has 150 valence electrons. The van der Waals surface area contributed by atoms with Crippen LogP contribution in [-0.4, -0.2) is 40.5 Å². The third-order valence-corrected chi connectivity index (χ3v) is 4.75. The van der Waals surface area contributed by atoms with Crippen molar-refractivity contribution in [3.63, 3.8) is 0 Å². The Morgan fingerprint density at radius 3 is 2.79 bits per heavy atom. The van der Waals surface area contributed by atoms with Gasteiger partial charge in [-0.25, -0.2) is 9.98 Å². The molecule has 1 aromatic rings. The SMILES string of the molecule is C=C(C=N/C(N)=C\C)[C@@H]1CC[C@@H](C)CN1C(=O)C(=O)Nc1cnc(N)c(C)c1. The Kier molecular flexibility index (Phi) is 6.92. The molecule has 28 heavy (non-hydrogen) atoms. The number of nitrogens with one attached hydrogen (secondary N) is 1. The molecular weight excluding hydrogens is 356 g/mol. The Balaban J connectivity index is 2.15. The second-order valence-electron chi connectivity index (χ2n) is 7.08. The van der Waals surface area contributed by atoms with Gasteiger partial charge < -0.3 is 21.7 Å². The number of carbonyl (C=O) groups excluding carboxylic acids is 2. The van der Waals surface area contributed by atoms with Crippen LogP contribution in [0.1, 0.15) is 32.3 Å². The number of hydrogen-bond donors (Lipinski definition) is 3. The van der Waals surface area contributed by atoms with Crippen LogP contribution in [0.5, 0.6) is 0 Å². The number of anilines is 2. The van der Waals surface area contributed by atoms with Gasteiger partial charge in [-0.05, 0) is 55.9 Å². The third-order valence-electron chi connectivity index (χ3n) is 4.75. The molecule has 8 heteroatoms. The van der Waals surface area contributed by atoms with Crippen molar-refractivity contribution < 1.29 is 9.59 Å². The molecule has 1 saturated heterocycles. The molecule has 1 aliphatic rings. The molecular formula is C20H28N6O2. The van der Waals surface area contributed by atoms with E-state index in [1.54, 1.807) is 37.1 Å². The summed E-state index contributed by atoms with van der Waals surface area (Å²) in [5.74, 6) is -0.293. The first-order valence-corrected chi connectivity index (χ1v) is 9.21. The number of aliphatic imine (C=N–C) groups is 1. The average Bonchev–Trinajstić information content (AvgIpc) is 2.67. The summed E-state index contributed by atoms with van der Waals surface area (Å²) in [5, 5.41) is 2.60. The normalized spacial score (nSPS) is 20.2. The minimum absolute atomic E-state index is 0.291. The lowest BCUT2D eigenvalue weighted by atomic mass is 9.90. The number of nitrogens with two attached hydrogens (primary N) is 2. The fourth-order valence-electron chi connectivity index (χ4n) is 3.05. The number of aryl methyl sites for hydroxylation is 1. The Morgan fingerprint density at radius 1 is 1.43 bits per heavy atom. The molecule has 0 spiro atoms. The number of allylic oxidation sites excluding steroid dienone is 1. The standard InChI is InChI=1S/C20H28N6O2/c1-5-17(21)23-9-14(4)16-7-6-12(2)11-26(16)20(28)19(27)25-15-8-13(3)18(22)24-10-15/h5,8-10,12,16H,4,6-7,11,21H2,1-3H3,(H2,22,24)(H,25,27)/b17-5-,23-9?/t12-,16+/m1/s1. The number of nitrogens with zero attached hydrogens (tertiary/aromatic N) is 3. The van der Waals surface area contributed by atoms with Gasteiger partial charge in [-0.2, -0.15) is 0 Å². The molecule has 0 radical (unpaired) electrons. The lowest BCUT2D eigenvalue weighted by Crippen LogP contribution is -2.51. The molecule has 2 rings (SSSR count). The summed E-state index contributed by atoms with van der Waals surface area (Å²) in [7, 11) is 0. The molecule has 1 aliphatic heterocycles. The van der Waals surface area contributed by atoms with Crippen LogP contribution >= 0.6 is 0 Å². The smallest absolute Gasteiger partial charge is 0.313 e. The van der Waals surface area contributed by atoms with Crippen molar-refractivity contribution in [2.75, 3.05) is 17.6 Å². The van der Waals surface area contributed by atoms with E-state index < -0.39 is 11.8 Å². The summed E-state index contributed by atoms with van der Waals surface area (Å²) in [6.45, 7) is 10.1. The van der Waals surface area contributed by atoms with E-state index in [4.69, 9.17) is 11.5 Å². The van der Waals surface area contributed by atoms with Crippen molar-refractivity contribution in [3.8, 4) is 0 Å². The van der Waals surface area contributed by atoms with Crippen molar-refractivity contribution in [2.45, 2.75) is 39.7 Å². The largest absolute Gasteiger partial charge is 0.384 e. The highest BCUT2D eigenvalue weighted by atomic mass is 16.2. The molecule has 5 N–H and O–H groups in total. The van der Waals surface area contributed by atoms with E-state index in [-0.39, 0.29) is 6.04 Å². The molecule has 1 fully saturated rings. The van der Waals surface area contributed by atoms with E-state index in [1.807, 2.05) is 0 Å². The topological polar surface area (TPSA) is 127 Å². The van der Waals surface area contributed by atoms with Crippen LogP contribution in [0.4, 0.5) is 11.5 Å². The maximum atomic E-state index is 12.9. The van der Waals surface area contributed by atoms with Crippen molar-refractivity contribution in [2.24, 2.45) is 16.6 Å². The van der Waals surface area contributed by atoms with E-state index in [0.717, 1.165) is 12.0 Å². The number of hydrogen-bond acceptors (Lipinski definition) is 6. The zero-order valence-corrected chi connectivity index (χ0v) is 16.6. The second-order valence-corrected chi connectivity index (χ2v) is 7.08. The number of carbonyl (C=O) groups is 2. The second kappa shape index (κ2) is 9.16. The monoisotopic (exact) mass is 384 g/mol. The van der Waals surface area contributed by atoms with E-state index in [0.29, 0.717) is 41.8 Å². The number of amides is 2. The van der Waals surface area contributed by atoms with Gasteiger partial charge in [-0.15, -0.1) is 0 Å². The van der Waals surface area contributed by atoms with Crippen molar-refractivity contribution in [1.29, 1.82) is 0 Å². The van der Waals surface area contributed by atoms with Gasteiger partial charge in [0.1, 0.15) is 11.6 Å². The number of nitrogen functional groups attached to an aromatic ring is 1. The summed E-state index contributed by atoms with van der Waals surface area (Å²) in [6, 6.07) is 1.38. The van der Waals surface area contributed by atoms with Gasteiger partial charge in [0.15, 0.2) is 0 Å². The van der Waals surface area contributed by atoms with Crippen LogP contribution in [0.25, 0.3) is 0 Å². The average molecular weight is 384 g/mol. The van der Waals surface area contributed by atoms with Gasteiger partial charge in [0.2, 0.25) is 0 Å². The molecule has 8 nitrogen and oxygen atoms in total. The van der Waals surface area contributed by atoms with Crippen molar-refractivity contribution in [1.82, 2.24) is 9.88 Å². The van der Waals surface area contributed by atoms with Gasteiger partial charge in [0.25, 0.3) is 0 Å². The Bertz CT molecular complexity index is 830. The minimum Gasteiger partial charge on any atom is -0.384 e. The summed E-state index contributed by atoms with van der Waals surface area (Å²) >= 11 is 0. The molecule has 2 heterocycles. The summed E-state index contributed by atoms with van der Waals surface area (Å²) in [4.78, 5) is 35.1. The zero-order chi connectivity index (χ0) is 20.8. The maximum Gasteiger partial charge on any atom is 0.313 e. The van der Waals surface area contributed by atoms with E-state index >= 15 is 0 Å². The van der Waals surface area contributed by atoms with Crippen LogP contribution in [0.2, 0.25) is 0 Å². The van der Waals surface area contributed by atoms with Gasteiger partial charge in [-0.3, -0.25) is 9.59 Å². The van der Waals surface area contributed by atoms with E-state index in [1.165, 1.54) is 6.20 Å². The highest BCUT2D eigenvalue weighted by Crippen LogP contribution is 2.26. The number of likely N-dealkylation sites (tertiary alicyclic amines) is 1. The zero-order valence-electron chi connectivity index (χ0n) is 16.6. The first kappa shape index (κ1) is 21.1. The summed E-state index contributed by atoms with van der Waals surface area (Å²) in [6.07, 6.45) is 6.30. The predicted octanol–water partition coefficient (Wildman–Crippen LogP) is 1.98. The van der Waals surface area contributed by atoms with Gasteiger partial charge >= 0.3 is 11.8 Å². The quantitative estimate of drug-likeness (QED) is 0.540. The molecule has 1 aromatic heterocycles. The van der Waals surface area contributed by atoms with Crippen LogP contribution in [0.15, 0.2) is 41.3 Å². The molecule has 2 amide bonds. The highest BCUT2D eigenvalue weighted by Gasteiger charge is 2.34. The molecule has 0 unspecified atom stereocenters. The highest BCUT2D eigenvalue weighted by molar-refractivity contribution is 6.39. The van der Waals surface area contributed by atoms with Crippen LogP contribution in [0.3, 0.4) is 0 Å². The lowest BCUT2D eigenvalue weighted by Gasteiger charge is -2.38. The number of rotatable bonds is 4. The Labute approximate surface area is 165 Å². The Hall–Kier alpha value is -3.16. The third kappa shape index (κ3) is 5.18. The maximum absolute atomic E-state index is 12.9. The summed E-state index contributed by atoms with van der Waals surface area (Å²) in [5.41, 5.74) is 13.2. The minimum atomic E-state index is -0.720. The number of pyridine rings is 1. The number of aromatic nitrogens is 1. The molecule has 2 atom stereocenters. The first-order chi connectivity index (χ1) is 13.2. The van der Waals surface area contributed by atoms with E-state index in [2.05, 4.69) is 28.8 Å². The molecule has 0 bridgehead atoms. The molecule has 0 aromatic carbocycles. The van der Waals surface area contributed by atoms with Gasteiger partial charge in [0.05, 0.1) is 17.9 Å². The van der Waals surface area contributed by atoms with Crippen LogP contribution in [0, 0.1) is 12.8 Å². The lowest BCUT2D eigenvalue weighted by molar-refractivity contribution is -0.145. The fourth-order valence-corrected chi connectivity index (χ4v) is 3.05.